The van der Waals surface area contributed by atoms with Gasteiger partial charge in [0.2, 0.25) is 5.60 Å². The maximum absolute atomic E-state index is 13.7. The lowest BCUT2D eigenvalue weighted by atomic mass is 9.83. The zero-order chi connectivity index (χ0) is 19.8. The maximum atomic E-state index is 13.7. The lowest BCUT2D eigenvalue weighted by molar-refractivity contribution is -0.147. The van der Waals surface area contributed by atoms with Crippen molar-refractivity contribution in [3.63, 3.8) is 0 Å². The molecule has 3 aliphatic heterocycles. The summed E-state index contributed by atoms with van der Waals surface area (Å²) in [5.41, 5.74) is 4.30. The van der Waals surface area contributed by atoms with Crippen molar-refractivity contribution >= 4 is 35.0 Å². The molecule has 0 bridgehead atoms. The Balaban J connectivity index is 1.68. The van der Waals surface area contributed by atoms with E-state index in [1.165, 1.54) is 0 Å². The van der Waals surface area contributed by atoms with Gasteiger partial charge in [0.25, 0.3) is 5.91 Å². The third-order valence-corrected chi connectivity index (χ3v) is 6.32. The van der Waals surface area contributed by atoms with E-state index in [1.807, 2.05) is 60.8 Å². The molecule has 0 aliphatic carbocycles. The van der Waals surface area contributed by atoms with Gasteiger partial charge >= 0.3 is 0 Å². The monoisotopic (exact) mass is 400 g/mol. The molecule has 0 radical (unpaired) electrons. The second-order valence-corrected chi connectivity index (χ2v) is 7.98. The lowest BCUT2D eigenvalue weighted by Gasteiger charge is -2.46. The Morgan fingerprint density at radius 2 is 1.76 bits per heavy atom. The van der Waals surface area contributed by atoms with Gasteiger partial charge in [-0.25, -0.2) is 0 Å². The SMILES string of the molecule is CN1C(=O)C2(OC3c4ccccc4C=CN3c3ccccc32)c2cc(Cl)ccc21. The van der Waals surface area contributed by atoms with E-state index in [9.17, 15) is 4.79 Å². The highest BCUT2D eigenvalue weighted by molar-refractivity contribution is 6.31. The van der Waals surface area contributed by atoms with Gasteiger partial charge in [0.1, 0.15) is 0 Å². The Kier molecular flexibility index (Phi) is 3.32. The predicted octanol–water partition coefficient (Wildman–Crippen LogP) is 5.08. The normalized spacial score (nSPS) is 23.7. The molecule has 6 rings (SSSR count). The second kappa shape index (κ2) is 5.72. The molecule has 142 valence electrons. The van der Waals surface area contributed by atoms with E-state index in [2.05, 4.69) is 23.1 Å². The summed E-state index contributed by atoms with van der Waals surface area (Å²) >= 11 is 6.36. The number of ether oxygens (including phenoxy) is 1. The molecule has 3 aromatic carbocycles. The molecule has 2 atom stereocenters. The second-order valence-electron chi connectivity index (χ2n) is 7.55. The number of para-hydroxylation sites is 1. The molecule has 2 unspecified atom stereocenters. The standard InChI is InChI=1S/C24H17ClN2O2/c1-26-20-11-10-16(25)14-19(20)24(23(26)28)18-8-4-5-9-21(18)27-13-12-15-6-2-3-7-17(15)22(27)29-24/h2-14,22H,1H3. The minimum Gasteiger partial charge on any atom is -0.328 e. The Labute approximate surface area is 173 Å². The summed E-state index contributed by atoms with van der Waals surface area (Å²) in [6.45, 7) is 0. The van der Waals surface area contributed by atoms with E-state index in [0.29, 0.717) is 5.02 Å². The van der Waals surface area contributed by atoms with E-state index in [0.717, 1.165) is 33.6 Å². The van der Waals surface area contributed by atoms with Crippen LogP contribution in [0.25, 0.3) is 6.08 Å². The zero-order valence-corrected chi connectivity index (χ0v) is 16.4. The van der Waals surface area contributed by atoms with Gasteiger partial charge in [-0.1, -0.05) is 54.1 Å². The van der Waals surface area contributed by atoms with Gasteiger partial charge in [-0.05, 0) is 35.9 Å². The zero-order valence-electron chi connectivity index (χ0n) is 15.7. The lowest BCUT2D eigenvalue weighted by Crippen LogP contribution is -2.49. The van der Waals surface area contributed by atoms with E-state index in [4.69, 9.17) is 16.3 Å². The highest BCUT2D eigenvalue weighted by atomic mass is 35.5. The molecule has 4 nitrogen and oxygen atoms in total. The van der Waals surface area contributed by atoms with E-state index >= 15 is 0 Å². The van der Waals surface area contributed by atoms with Crippen molar-refractivity contribution in [1.82, 2.24) is 0 Å². The highest BCUT2D eigenvalue weighted by Crippen LogP contribution is 2.56. The Bertz CT molecular complexity index is 1220. The summed E-state index contributed by atoms with van der Waals surface area (Å²) in [6.07, 6.45) is 3.70. The van der Waals surface area contributed by atoms with Gasteiger partial charge in [-0.2, -0.15) is 0 Å². The van der Waals surface area contributed by atoms with Crippen molar-refractivity contribution in [3.05, 3.63) is 100 Å². The van der Waals surface area contributed by atoms with Crippen LogP contribution in [0.4, 0.5) is 11.4 Å². The van der Waals surface area contributed by atoms with Crippen molar-refractivity contribution in [2.75, 3.05) is 16.8 Å². The number of halogens is 1. The molecular weight excluding hydrogens is 384 g/mol. The molecule has 0 saturated carbocycles. The van der Waals surface area contributed by atoms with Crippen molar-refractivity contribution in [2.24, 2.45) is 0 Å². The number of carbonyl (C=O) groups excluding carboxylic acids is 1. The van der Waals surface area contributed by atoms with E-state index in [1.54, 1.807) is 11.9 Å². The van der Waals surface area contributed by atoms with Gasteiger partial charge in [0.15, 0.2) is 6.23 Å². The number of rotatable bonds is 0. The van der Waals surface area contributed by atoms with Gasteiger partial charge in [-0.3, -0.25) is 4.79 Å². The molecule has 5 heteroatoms. The molecule has 1 amide bonds. The average molecular weight is 401 g/mol. The number of benzene rings is 3. The van der Waals surface area contributed by atoms with Crippen molar-refractivity contribution in [3.8, 4) is 0 Å². The first-order valence-corrected chi connectivity index (χ1v) is 9.90. The maximum Gasteiger partial charge on any atom is 0.268 e. The fourth-order valence-electron chi connectivity index (χ4n) is 4.75. The molecular formula is C24H17ClN2O2. The molecule has 3 aromatic rings. The summed E-state index contributed by atoms with van der Waals surface area (Å²) < 4.78 is 6.78. The van der Waals surface area contributed by atoms with Gasteiger partial charge in [0.05, 0.1) is 11.4 Å². The molecule has 0 N–H and O–H groups in total. The van der Waals surface area contributed by atoms with Crippen LogP contribution in [0, 0.1) is 0 Å². The molecule has 29 heavy (non-hydrogen) atoms. The van der Waals surface area contributed by atoms with Crippen LogP contribution in [0.3, 0.4) is 0 Å². The summed E-state index contributed by atoms with van der Waals surface area (Å²) in [7, 11) is 1.79. The van der Waals surface area contributed by atoms with Crippen LogP contribution in [0.2, 0.25) is 5.02 Å². The van der Waals surface area contributed by atoms with Gasteiger partial charge in [0, 0.05) is 35.0 Å². The first-order chi connectivity index (χ1) is 14.1. The summed E-state index contributed by atoms with van der Waals surface area (Å²) in [5.74, 6) is -0.103. The molecule has 3 aliphatic rings. The summed E-state index contributed by atoms with van der Waals surface area (Å²) in [6, 6.07) is 21.6. The number of carbonyl (C=O) groups is 1. The van der Waals surface area contributed by atoms with Crippen LogP contribution >= 0.6 is 11.6 Å². The number of anilines is 2. The number of hydrogen-bond acceptors (Lipinski definition) is 3. The van der Waals surface area contributed by atoms with E-state index in [-0.39, 0.29) is 5.91 Å². The molecule has 0 fully saturated rings. The van der Waals surface area contributed by atoms with Gasteiger partial charge < -0.3 is 14.5 Å². The smallest absolute Gasteiger partial charge is 0.268 e. The van der Waals surface area contributed by atoms with Crippen molar-refractivity contribution in [2.45, 2.75) is 11.8 Å². The minimum absolute atomic E-state index is 0.103. The number of amides is 1. The molecule has 1 spiro atoms. The quantitative estimate of drug-likeness (QED) is 0.527. The predicted molar refractivity (Wildman–Crippen MR) is 114 cm³/mol. The van der Waals surface area contributed by atoms with Crippen LogP contribution in [0.1, 0.15) is 28.5 Å². The minimum atomic E-state index is -1.23. The first-order valence-electron chi connectivity index (χ1n) is 9.52. The van der Waals surface area contributed by atoms with Gasteiger partial charge in [-0.15, -0.1) is 0 Å². The van der Waals surface area contributed by atoms with Crippen molar-refractivity contribution < 1.29 is 9.53 Å². The number of hydrogen-bond donors (Lipinski definition) is 0. The number of fused-ring (bicyclic) bond motifs is 8. The van der Waals surface area contributed by atoms with Crippen LogP contribution in [-0.2, 0) is 15.1 Å². The topological polar surface area (TPSA) is 32.8 Å². The van der Waals surface area contributed by atoms with Crippen LogP contribution in [0.5, 0.6) is 0 Å². The molecule has 3 heterocycles. The molecule has 0 saturated heterocycles. The summed E-state index contributed by atoms with van der Waals surface area (Å²) in [5, 5.41) is 0.582. The first kappa shape index (κ1) is 16.8. The third kappa shape index (κ3) is 2.05. The number of likely N-dealkylation sites (N-methyl/N-ethyl adjacent to an activating group) is 1. The molecule has 0 aromatic heterocycles. The Hall–Kier alpha value is -3.08. The third-order valence-electron chi connectivity index (χ3n) is 6.08. The van der Waals surface area contributed by atoms with Crippen LogP contribution in [-0.4, -0.2) is 13.0 Å². The summed E-state index contributed by atoms with van der Waals surface area (Å²) in [4.78, 5) is 17.5. The fraction of sp³-hybridized carbons (Fsp3) is 0.125. The van der Waals surface area contributed by atoms with E-state index < -0.39 is 11.8 Å². The fourth-order valence-corrected chi connectivity index (χ4v) is 4.92. The number of nitrogens with zero attached hydrogens (tertiary/aromatic N) is 2. The average Bonchev–Trinajstić information content (AvgIpc) is 2.96. The van der Waals surface area contributed by atoms with Crippen LogP contribution < -0.4 is 9.80 Å². The Morgan fingerprint density at radius 3 is 2.66 bits per heavy atom. The highest BCUT2D eigenvalue weighted by Gasteiger charge is 2.58. The van der Waals surface area contributed by atoms with Crippen molar-refractivity contribution in [1.29, 1.82) is 0 Å². The Morgan fingerprint density at radius 1 is 0.966 bits per heavy atom. The largest absolute Gasteiger partial charge is 0.328 e. The van der Waals surface area contributed by atoms with Crippen LogP contribution in [0.15, 0.2) is 72.9 Å².